The average Bonchev–Trinajstić information content (AvgIpc) is 2.41. The van der Waals surface area contributed by atoms with E-state index in [0.717, 1.165) is 0 Å². The van der Waals surface area contributed by atoms with Crippen LogP contribution in [0.2, 0.25) is 0 Å². The number of nitrogens with zero attached hydrogens (tertiary/aromatic N) is 3. The molecule has 0 aliphatic rings. The van der Waals surface area contributed by atoms with E-state index in [9.17, 15) is 14.9 Å². The topological polar surface area (TPSA) is 78.0 Å². The number of halogens is 3. The Hall–Kier alpha value is -1.06. The van der Waals surface area contributed by atoms with Crippen molar-refractivity contribution in [2.24, 2.45) is 0 Å². The SMILES string of the molecule is O=c1c(Br)c(Br)cnn1Cc1cccc([N+](=O)[O-])c1Br. The van der Waals surface area contributed by atoms with Crippen molar-refractivity contribution >= 4 is 53.5 Å². The molecule has 0 unspecified atom stereocenters. The van der Waals surface area contributed by atoms with Crippen molar-refractivity contribution in [3.8, 4) is 0 Å². The van der Waals surface area contributed by atoms with Crippen LogP contribution in [-0.2, 0) is 6.54 Å². The molecule has 9 heteroatoms. The summed E-state index contributed by atoms with van der Waals surface area (Å²) in [6.07, 6.45) is 1.48. The van der Waals surface area contributed by atoms with Crippen molar-refractivity contribution in [3.05, 3.63) is 63.8 Å². The molecule has 20 heavy (non-hydrogen) atoms. The van der Waals surface area contributed by atoms with Gasteiger partial charge in [0.1, 0.15) is 8.95 Å². The molecule has 2 rings (SSSR count). The summed E-state index contributed by atoms with van der Waals surface area (Å²) in [5.41, 5.74) is 0.229. The van der Waals surface area contributed by atoms with Gasteiger partial charge in [0.25, 0.3) is 11.2 Å². The minimum absolute atomic E-state index is 0.0493. The molecule has 1 aromatic carbocycles. The fourth-order valence-electron chi connectivity index (χ4n) is 1.55. The lowest BCUT2D eigenvalue weighted by atomic mass is 10.2. The van der Waals surface area contributed by atoms with E-state index in [1.165, 1.54) is 16.9 Å². The molecule has 0 bridgehead atoms. The van der Waals surface area contributed by atoms with E-state index in [2.05, 4.69) is 52.9 Å². The van der Waals surface area contributed by atoms with Gasteiger partial charge in [0, 0.05) is 6.07 Å². The Bertz CT molecular complexity index is 745. The minimum Gasteiger partial charge on any atom is -0.266 e. The van der Waals surface area contributed by atoms with Gasteiger partial charge in [0.2, 0.25) is 0 Å². The molecule has 0 spiro atoms. The third kappa shape index (κ3) is 2.99. The van der Waals surface area contributed by atoms with Gasteiger partial charge in [-0.05, 0) is 53.4 Å². The molecular formula is C11H6Br3N3O3. The maximum Gasteiger partial charge on any atom is 0.283 e. The van der Waals surface area contributed by atoms with Gasteiger partial charge in [-0.25, -0.2) is 4.68 Å². The molecule has 0 radical (unpaired) electrons. The number of aromatic nitrogens is 2. The Kier molecular flexibility index (Phi) is 4.71. The van der Waals surface area contributed by atoms with Gasteiger partial charge in [-0.2, -0.15) is 5.10 Å². The molecule has 104 valence electrons. The van der Waals surface area contributed by atoms with E-state index in [1.807, 2.05) is 0 Å². The van der Waals surface area contributed by atoms with Crippen molar-refractivity contribution in [1.29, 1.82) is 0 Å². The number of rotatable bonds is 3. The molecule has 2 aromatic rings. The first-order valence-electron chi connectivity index (χ1n) is 5.24. The quantitative estimate of drug-likeness (QED) is 0.511. The molecule has 1 aromatic heterocycles. The minimum atomic E-state index is -0.485. The van der Waals surface area contributed by atoms with Crippen LogP contribution in [0.3, 0.4) is 0 Å². The second kappa shape index (κ2) is 6.15. The van der Waals surface area contributed by atoms with Crippen LogP contribution in [0.4, 0.5) is 5.69 Å². The highest BCUT2D eigenvalue weighted by molar-refractivity contribution is 9.13. The molecule has 0 N–H and O–H groups in total. The highest BCUT2D eigenvalue weighted by Crippen LogP contribution is 2.28. The second-order valence-corrected chi connectivity index (χ2v) is 6.22. The Labute approximate surface area is 138 Å². The van der Waals surface area contributed by atoms with Crippen molar-refractivity contribution in [3.63, 3.8) is 0 Å². The summed E-state index contributed by atoms with van der Waals surface area (Å²) in [5.74, 6) is 0. The highest BCUT2D eigenvalue weighted by Gasteiger charge is 2.16. The van der Waals surface area contributed by atoms with Gasteiger partial charge in [-0.3, -0.25) is 14.9 Å². The van der Waals surface area contributed by atoms with Crippen LogP contribution < -0.4 is 5.56 Å². The molecular weight excluding hydrogens is 462 g/mol. The Morgan fingerprint density at radius 3 is 2.60 bits per heavy atom. The zero-order chi connectivity index (χ0) is 14.9. The Balaban J connectivity index is 2.46. The third-order valence-corrected chi connectivity index (χ3v) is 5.33. The number of nitro groups is 1. The summed E-state index contributed by atoms with van der Waals surface area (Å²) >= 11 is 9.54. The molecule has 0 fully saturated rings. The maximum atomic E-state index is 12.0. The summed E-state index contributed by atoms with van der Waals surface area (Å²) in [6.45, 7) is 0.132. The highest BCUT2D eigenvalue weighted by atomic mass is 79.9. The van der Waals surface area contributed by atoms with Gasteiger partial charge in [0.15, 0.2) is 0 Å². The van der Waals surface area contributed by atoms with Gasteiger partial charge in [0.05, 0.1) is 22.1 Å². The van der Waals surface area contributed by atoms with Crippen LogP contribution in [0, 0.1) is 10.1 Å². The zero-order valence-corrected chi connectivity index (χ0v) is 14.5. The standard InChI is InChI=1S/C11H6Br3N3O3/c12-7-4-15-16(11(18)10(7)14)5-6-2-1-3-8(9(6)13)17(19)20/h1-4H,5H2. The number of hydrogen-bond donors (Lipinski definition) is 0. The zero-order valence-electron chi connectivity index (χ0n) is 9.72. The molecule has 0 amide bonds. The van der Waals surface area contributed by atoms with Gasteiger partial charge >= 0.3 is 0 Å². The van der Waals surface area contributed by atoms with Crippen LogP contribution in [0.25, 0.3) is 0 Å². The fourth-order valence-corrected chi connectivity index (χ4v) is 2.65. The fraction of sp³-hybridized carbons (Fsp3) is 0.0909. The summed E-state index contributed by atoms with van der Waals surface area (Å²) in [7, 11) is 0. The normalized spacial score (nSPS) is 10.6. The number of hydrogen-bond acceptors (Lipinski definition) is 4. The first-order valence-corrected chi connectivity index (χ1v) is 7.62. The van der Waals surface area contributed by atoms with Crippen LogP contribution in [-0.4, -0.2) is 14.7 Å². The molecule has 0 aliphatic carbocycles. The lowest BCUT2D eigenvalue weighted by molar-refractivity contribution is -0.385. The first kappa shape index (κ1) is 15.3. The number of nitro benzene ring substituents is 1. The summed E-state index contributed by atoms with van der Waals surface area (Å²) in [5, 5.41) is 14.9. The van der Waals surface area contributed by atoms with Crippen molar-refractivity contribution in [2.45, 2.75) is 6.54 Å². The molecule has 0 aliphatic heterocycles. The van der Waals surface area contributed by atoms with E-state index in [4.69, 9.17) is 0 Å². The summed E-state index contributed by atoms with van der Waals surface area (Å²) in [4.78, 5) is 22.4. The molecule has 6 nitrogen and oxygen atoms in total. The van der Waals surface area contributed by atoms with E-state index in [0.29, 0.717) is 19.0 Å². The lowest BCUT2D eigenvalue weighted by Gasteiger charge is -2.08. The predicted octanol–water partition coefficient (Wildman–Crippen LogP) is 3.49. The molecule has 0 atom stereocenters. The van der Waals surface area contributed by atoms with Crippen molar-refractivity contribution < 1.29 is 4.92 Å². The predicted molar refractivity (Wildman–Crippen MR) is 83.8 cm³/mol. The lowest BCUT2D eigenvalue weighted by Crippen LogP contribution is -2.24. The van der Waals surface area contributed by atoms with Crippen molar-refractivity contribution in [1.82, 2.24) is 9.78 Å². The first-order chi connectivity index (χ1) is 9.41. The van der Waals surface area contributed by atoms with Gasteiger partial charge < -0.3 is 0 Å². The van der Waals surface area contributed by atoms with E-state index >= 15 is 0 Å². The van der Waals surface area contributed by atoms with E-state index in [-0.39, 0.29) is 17.8 Å². The number of benzene rings is 1. The Morgan fingerprint density at radius 2 is 1.95 bits per heavy atom. The molecule has 0 saturated heterocycles. The Morgan fingerprint density at radius 1 is 1.25 bits per heavy atom. The summed E-state index contributed by atoms with van der Waals surface area (Å²) in [6, 6.07) is 4.65. The van der Waals surface area contributed by atoms with Crippen LogP contribution in [0.15, 0.2) is 42.6 Å². The van der Waals surface area contributed by atoms with Crippen molar-refractivity contribution in [2.75, 3.05) is 0 Å². The molecule has 0 saturated carbocycles. The maximum absolute atomic E-state index is 12.0. The van der Waals surface area contributed by atoms with Crippen LogP contribution >= 0.6 is 47.8 Å². The average molecular weight is 468 g/mol. The second-order valence-electron chi connectivity index (χ2n) is 3.78. The third-order valence-electron chi connectivity index (χ3n) is 2.52. The van der Waals surface area contributed by atoms with Gasteiger partial charge in [-0.15, -0.1) is 0 Å². The van der Waals surface area contributed by atoms with Crippen LogP contribution in [0.5, 0.6) is 0 Å². The smallest absolute Gasteiger partial charge is 0.266 e. The summed E-state index contributed by atoms with van der Waals surface area (Å²) < 4.78 is 2.47. The molecule has 1 heterocycles. The largest absolute Gasteiger partial charge is 0.283 e. The monoisotopic (exact) mass is 465 g/mol. The van der Waals surface area contributed by atoms with E-state index < -0.39 is 4.92 Å². The van der Waals surface area contributed by atoms with Crippen LogP contribution in [0.1, 0.15) is 5.56 Å². The van der Waals surface area contributed by atoms with E-state index in [1.54, 1.807) is 12.1 Å². The van der Waals surface area contributed by atoms with Gasteiger partial charge in [-0.1, -0.05) is 12.1 Å².